The molecule has 1 aromatic rings. The highest BCUT2D eigenvalue weighted by Crippen LogP contribution is 2.38. The molecular formula is C7H10N4O. The molecule has 1 amide bonds. The highest BCUT2D eigenvalue weighted by Gasteiger charge is 2.26. The van der Waals surface area contributed by atoms with Crippen LogP contribution < -0.4 is 11.3 Å². The number of nitrogens with one attached hydrogen (secondary N) is 2. The fourth-order valence-corrected chi connectivity index (χ4v) is 1.13. The van der Waals surface area contributed by atoms with E-state index in [0.717, 1.165) is 5.69 Å². The van der Waals surface area contributed by atoms with Gasteiger partial charge in [0.2, 0.25) is 0 Å². The normalized spacial score (nSPS) is 16.1. The predicted molar refractivity (Wildman–Crippen MR) is 42.2 cm³/mol. The van der Waals surface area contributed by atoms with Crippen molar-refractivity contribution in [2.24, 2.45) is 5.84 Å². The van der Waals surface area contributed by atoms with Crippen LogP contribution in [0.5, 0.6) is 0 Å². The number of nitrogens with two attached hydrogens (primary N) is 1. The number of hydrazine groups is 1. The number of amides is 1. The Hall–Kier alpha value is -1.36. The summed E-state index contributed by atoms with van der Waals surface area (Å²) in [7, 11) is 0. The Kier molecular flexibility index (Phi) is 1.58. The van der Waals surface area contributed by atoms with E-state index in [9.17, 15) is 4.79 Å². The third-order valence-electron chi connectivity index (χ3n) is 1.98. The largest absolute Gasteiger partial charge is 0.289 e. The van der Waals surface area contributed by atoms with E-state index < -0.39 is 0 Å². The summed E-state index contributed by atoms with van der Waals surface area (Å²) in [4.78, 5) is 11.0. The van der Waals surface area contributed by atoms with Crippen molar-refractivity contribution in [2.45, 2.75) is 18.8 Å². The molecule has 0 bridgehead atoms. The number of rotatable bonds is 2. The van der Waals surface area contributed by atoms with E-state index in [4.69, 9.17) is 5.84 Å². The number of hydrogen-bond acceptors (Lipinski definition) is 3. The molecule has 0 spiro atoms. The van der Waals surface area contributed by atoms with Crippen LogP contribution in [0, 0.1) is 0 Å². The molecular weight excluding hydrogens is 156 g/mol. The van der Waals surface area contributed by atoms with E-state index in [1.807, 2.05) is 5.43 Å². The van der Waals surface area contributed by atoms with Crippen molar-refractivity contribution < 1.29 is 4.79 Å². The van der Waals surface area contributed by atoms with Crippen LogP contribution in [0.3, 0.4) is 0 Å². The van der Waals surface area contributed by atoms with Crippen molar-refractivity contribution in [1.29, 1.82) is 0 Å². The summed E-state index contributed by atoms with van der Waals surface area (Å²) in [5.74, 6) is 5.18. The second-order valence-electron chi connectivity index (χ2n) is 2.96. The lowest BCUT2D eigenvalue weighted by Gasteiger charge is -1.90. The van der Waals surface area contributed by atoms with Gasteiger partial charge in [0, 0.05) is 11.6 Å². The Morgan fingerprint density at radius 2 is 2.50 bits per heavy atom. The van der Waals surface area contributed by atoms with Gasteiger partial charge in [-0.05, 0) is 18.9 Å². The summed E-state index contributed by atoms with van der Waals surface area (Å²) in [6.45, 7) is 0. The number of nitrogens with zero attached hydrogens (tertiary/aromatic N) is 1. The Morgan fingerprint density at radius 3 is 3.08 bits per heavy atom. The maximum absolute atomic E-state index is 11.0. The van der Waals surface area contributed by atoms with Gasteiger partial charge in [-0.2, -0.15) is 5.10 Å². The standard InChI is InChI=1S/C7H10N4O/c8-9-7(12)6-3-5(10-11-6)4-1-2-4/h3-4H,1-2,8H2,(H,9,12)(H,10,11). The topological polar surface area (TPSA) is 83.8 Å². The molecule has 1 fully saturated rings. The Morgan fingerprint density at radius 1 is 1.75 bits per heavy atom. The minimum atomic E-state index is -0.349. The van der Waals surface area contributed by atoms with Crippen molar-refractivity contribution in [3.05, 3.63) is 17.5 Å². The summed E-state index contributed by atoms with van der Waals surface area (Å²) in [6.07, 6.45) is 2.37. The summed E-state index contributed by atoms with van der Waals surface area (Å²) >= 11 is 0. The minimum absolute atomic E-state index is 0.349. The van der Waals surface area contributed by atoms with Crippen LogP contribution in [0.1, 0.15) is 34.9 Å². The lowest BCUT2D eigenvalue weighted by atomic mass is 10.2. The van der Waals surface area contributed by atoms with Gasteiger partial charge in [-0.1, -0.05) is 0 Å². The lowest BCUT2D eigenvalue weighted by Crippen LogP contribution is -2.30. The smallest absolute Gasteiger partial charge is 0.285 e. The molecule has 2 rings (SSSR count). The molecule has 0 aromatic carbocycles. The van der Waals surface area contributed by atoms with Gasteiger partial charge in [-0.3, -0.25) is 15.3 Å². The molecule has 5 nitrogen and oxygen atoms in total. The molecule has 1 saturated carbocycles. The molecule has 0 atom stereocenters. The Balaban J connectivity index is 2.17. The number of nitrogen functional groups attached to an aromatic ring is 1. The highest BCUT2D eigenvalue weighted by atomic mass is 16.2. The zero-order valence-corrected chi connectivity index (χ0v) is 6.50. The lowest BCUT2D eigenvalue weighted by molar-refractivity contribution is 0.0948. The number of H-pyrrole nitrogens is 1. The summed E-state index contributed by atoms with van der Waals surface area (Å²) in [6, 6.07) is 1.75. The van der Waals surface area contributed by atoms with Gasteiger partial charge in [-0.25, -0.2) is 5.84 Å². The van der Waals surface area contributed by atoms with E-state index in [-0.39, 0.29) is 5.91 Å². The van der Waals surface area contributed by atoms with Crippen molar-refractivity contribution in [3.63, 3.8) is 0 Å². The zero-order chi connectivity index (χ0) is 8.55. The first-order valence-corrected chi connectivity index (χ1v) is 3.87. The molecule has 5 heteroatoms. The van der Waals surface area contributed by atoms with E-state index in [0.29, 0.717) is 11.6 Å². The summed E-state index contributed by atoms with van der Waals surface area (Å²) < 4.78 is 0. The van der Waals surface area contributed by atoms with Crippen LogP contribution in [0.2, 0.25) is 0 Å². The number of aromatic amines is 1. The van der Waals surface area contributed by atoms with E-state index in [1.165, 1.54) is 12.8 Å². The fourth-order valence-electron chi connectivity index (χ4n) is 1.13. The van der Waals surface area contributed by atoms with Gasteiger partial charge >= 0.3 is 0 Å². The second-order valence-corrected chi connectivity index (χ2v) is 2.96. The number of carbonyl (C=O) groups excluding carboxylic acids is 1. The van der Waals surface area contributed by atoms with Crippen molar-refractivity contribution in [3.8, 4) is 0 Å². The molecule has 12 heavy (non-hydrogen) atoms. The molecule has 1 heterocycles. The van der Waals surface area contributed by atoms with Crippen molar-refractivity contribution >= 4 is 5.91 Å². The van der Waals surface area contributed by atoms with Crippen LogP contribution >= 0.6 is 0 Å². The highest BCUT2D eigenvalue weighted by molar-refractivity contribution is 5.91. The second kappa shape index (κ2) is 2.60. The van der Waals surface area contributed by atoms with Crippen LogP contribution in [-0.4, -0.2) is 16.1 Å². The van der Waals surface area contributed by atoms with Crippen LogP contribution in [0.4, 0.5) is 0 Å². The molecule has 4 N–H and O–H groups in total. The molecule has 0 unspecified atom stereocenters. The zero-order valence-electron chi connectivity index (χ0n) is 6.50. The first kappa shape index (κ1) is 7.30. The summed E-state index contributed by atoms with van der Waals surface area (Å²) in [5, 5.41) is 6.65. The molecule has 0 radical (unpaired) electrons. The number of aromatic nitrogens is 2. The van der Waals surface area contributed by atoms with Crippen LogP contribution in [0.25, 0.3) is 0 Å². The van der Waals surface area contributed by atoms with E-state index >= 15 is 0 Å². The predicted octanol–water partition coefficient (Wildman–Crippen LogP) is -0.109. The third kappa shape index (κ3) is 1.18. The first-order valence-electron chi connectivity index (χ1n) is 3.87. The van der Waals surface area contributed by atoms with Gasteiger partial charge in [0.25, 0.3) is 5.91 Å². The van der Waals surface area contributed by atoms with Crippen LogP contribution in [-0.2, 0) is 0 Å². The van der Waals surface area contributed by atoms with Gasteiger partial charge in [0.1, 0.15) is 0 Å². The molecule has 0 aliphatic heterocycles. The van der Waals surface area contributed by atoms with Gasteiger partial charge < -0.3 is 0 Å². The number of hydrogen-bond donors (Lipinski definition) is 3. The average Bonchev–Trinajstić information content (AvgIpc) is 2.83. The first-order chi connectivity index (χ1) is 5.81. The molecule has 1 aliphatic rings. The molecule has 1 aromatic heterocycles. The Bertz CT molecular complexity index is 302. The number of carbonyl (C=O) groups is 1. The third-order valence-corrected chi connectivity index (χ3v) is 1.98. The van der Waals surface area contributed by atoms with E-state index in [1.54, 1.807) is 6.07 Å². The van der Waals surface area contributed by atoms with Gasteiger partial charge in [0.05, 0.1) is 0 Å². The Labute approximate surface area is 69.3 Å². The quantitative estimate of drug-likeness (QED) is 0.325. The molecule has 0 saturated heterocycles. The average molecular weight is 166 g/mol. The van der Waals surface area contributed by atoms with Crippen LogP contribution in [0.15, 0.2) is 6.07 Å². The monoisotopic (exact) mass is 166 g/mol. The van der Waals surface area contributed by atoms with Crippen molar-refractivity contribution in [1.82, 2.24) is 15.6 Å². The molecule has 1 aliphatic carbocycles. The maximum Gasteiger partial charge on any atom is 0.285 e. The SMILES string of the molecule is NNC(=O)c1cc(C2CC2)[nH]n1. The molecule has 64 valence electrons. The minimum Gasteiger partial charge on any atom is -0.289 e. The van der Waals surface area contributed by atoms with E-state index in [2.05, 4.69) is 10.2 Å². The van der Waals surface area contributed by atoms with Gasteiger partial charge in [-0.15, -0.1) is 0 Å². The van der Waals surface area contributed by atoms with Gasteiger partial charge in [0.15, 0.2) is 5.69 Å². The maximum atomic E-state index is 11.0. The fraction of sp³-hybridized carbons (Fsp3) is 0.429. The van der Waals surface area contributed by atoms with Crippen molar-refractivity contribution in [2.75, 3.05) is 0 Å². The summed E-state index contributed by atoms with van der Waals surface area (Å²) in [5.41, 5.74) is 3.43.